The molecule has 4 rings (SSSR count). The number of esters is 1. The number of fused-ring (bicyclic) bond motifs is 2. The van der Waals surface area contributed by atoms with Crippen LogP contribution in [0, 0.1) is 22.2 Å². The van der Waals surface area contributed by atoms with Gasteiger partial charge in [0, 0.05) is 34.4 Å². The van der Waals surface area contributed by atoms with Gasteiger partial charge in [0.25, 0.3) is 0 Å². The number of carbonyl (C=O) groups excluding carboxylic acids is 1. The van der Waals surface area contributed by atoms with Crippen molar-refractivity contribution in [2.24, 2.45) is 22.2 Å². The fraction of sp³-hybridized carbons (Fsp3) is 0.533. The maximum atomic E-state index is 12.6. The summed E-state index contributed by atoms with van der Waals surface area (Å²) < 4.78 is 17.7. The minimum Gasteiger partial charge on any atom is -0.493 e. The van der Waals surface area contributed by atoms with Gasteiger partial charge < -0.3 is 13.9 Å². The molecule has 1 aromatic heterocycles. The summed E-state index contributed by atoms with van der Waals surface area (Å²) in [6, 6.07) is 8.79. The third-order valence-electron chi connectivity index (χ3n) is 9.64. The molecule has 0 spiro atoms. The van der Waals surface area contributed by atoms with Crippen molar-refractivity contribution in [3.05, 3.63) is 64.6 Å². The van der Waals surface area contributed by atoms with Crippen LogP contribution < -0.4 is 10.4 Å². The van der Waals surface area contributed by atoms with Gasteiger partial charge in [0.1, 0.15) is 17.4 Å². The van der Waals surface area contributed by atoms with Crippen LogP contribution in [0.5, 0.6) is 5.75 Å². The molecule has 188 valence electrons. The largest absolute Gasteiger partial charge is 0.493 e. The van der Waals surface area contributed by atoms with E-state index in [0.29, 0.717) is 23.5 Å². The second-order valence-electron chi connectivity index (χ2n) is 11.4. The average Bonchev–Trinajstić information content (AvgIpc) is 2.82. The van der Waals surface area contributed by atoms with E-state index in [1.165, 1.54) is 11.6 Å². The first-order chi connectivity index (χ1) is 16.4. The summed E-state index contributed by atoms with van der Waals surface area (Å²) in [6.45, 7) is 17.9. The fourth-order valence-electron chi connectivity index (χ4n) is 6.52. The molecule has 1 heterocycles. The maximum Gasteiger partial charge on any atom is 0.336 e. The van der Waals surface area contributed by atoms with Crippen LogP contribution in [0.3, 0.4) is 0 Å². The monoisotopic (exact) mass is 478 g/mol. The molecule has 4 unspecified atom stereocenters. The smallest absolute Gasteiger partial charge is 0.336 e. The van der Waals surface area contributed by atoms with Crippen LogP contribution in [0.15, 0.2) is 63.3 Å². The van der Waals surface area contributed by atoms with Gasteiger partial charge in [-0.25, -0.2) is 9.59 Å². The Morgan fingerprint density at radius 2 is 1.89 bits per heavy atom. The van der Waals surface area contributed by atoms with E-state index in [-0.39, 0.29) is 39.9 Å². The van der Waals surface area contributed by atoms with Gasteiger partial charge in [-0.3, -0.25) is 0 Å². The summed E-state index contributed by atoms with van der Waals surface area (Å²) in [5, 5.41) is 0.862. The van der Waals surface area contributed by atoms with Crippen LogP contribution in [0.25, 0.3) is 11.0 Å². The van der Waals surface area contributed by atoms with Gasteiger partial charge in [-0.1, -0.05) is 45.9 Å². The van der Waals surface area contributed by atoms with E-state index >= 15 is 0 Å². The van der Waals surface area contributed by atoms with E-state index in [2.05, 4.69) is 34.3 Å². The Kier molecular flexibility index (Phi) is 6.50. The Bertz CT molecular complexity index is 1230. The second kappa shape index (κ2) is 9.00. The fourth-order valence-corrected chi connectivity index (χ4v) is 6.52. The molecule has 5 heteroatoms. The van der Waals surface area contributed by atoms with Gasteiger partial charge in [-0.05, 0) is 68.6 Å². The summed E-state index contributed by atoms with van der Waals surface area (Å²) in [5.41, 5.74) is 1.67. The summed E-state index contributed by atoms with van der Waals surface area (Å²) in [6.07, 6.45) is 5.33. The highest BCUT2D eigenvalue weighted by Crippen LogP contribution is 2.68. The minimum atomic E-state index is -0.372. The summed E-state index contributed by atoms with van der Waals surface area (Å²) >= 11 is 0. The van der Waals surface area contributed by atoms with Crippen LogP contribution in [0.4, 0.5) is 0 Å². The Balaban J connectivity index is 1.59. The molecule has 2 saturated carbocycles. The average molecular weight is 479 g/mol. The number of rotatable bonds is 5. The van der Waals surface area contributed by atoms with E-state index < -0.39 is 0 Å². The molecule has 0 N–H and O–H groups in total. The predicted molar refractivity (Wildman–Crippen MR) is 138 cm³/mol. The molecule has 0 aliphatic heterocycles. The highest BCUT2D eigenvalue weighted by Gasteiger charge is 2.64. The first kappa shape index (κ1) is 25.3. The number of ether oxygens (including phenoxy) is 2. The van der Waals surface area contributed by atoms with Crippen LogP contribution in [-0.2, 0) is 9.53 Å². The van der Waals surface area contributed by atoms with Crippen molar-refractivity contribution >= 4 is 16.9 Å². The normalized spacial score (nSPS) is 30.6. The molecular formula is C30H38O5. The van der Waals surface area contributed by atoms with Crippen molar-refractivity contribution in [2.75, 3.05) is 6.61 Å². The standard InChI is InChI=1S/C30H38O5/c1-8-19(2)27(32)35-25-14-15-29(6)23(20(3)13-16-30(29,7)28(25,4)5)18-33-22-11-9-21-10-12-26(31)34-24(21)17-22/h8-12,17,23,25H,3,13-16,18H2,1-2,4-7H3. The van der Waals surface area contributed by atoms with Crippen molar-refractivity contribution in [3.63, 3.8) is 0 Å². The van der Waals surface area contributed by atoms with Crippen LogP contribution in [0.2, 0.25) is 0 Å². The summed E-state index contributed by atoms with van der Waals surface area (Å²) in [4.78, 5) is 24.2. The summed E-state index contributed by atoms with van der Waals surface area (Å²) in [7, 11) is 0. The molecule has 5 nitrogen and oxygen atoms in total. The highest BCUT2D eigenvalue weighted by atomic mass is 16.5. The molecule has 35 heavy (non-hydrogen) atoms. The van der Waals surface area contributed by atoms with Crippen molar-refractivity contribution in [2.45, 2.75) is 73.3 Å². The van der Waals surface area contributed by atoms with Gasteiger partial charge >= 0.3 is 11.6 Å². The Labute approximate surface area is 208 Å². The summed E-state index contributed by atoms with van der Waals surface area (Å²) in [5.74, 6) is 0.619. The number of hydrogen-bond acceptors (Lipinski definition) is 5. The van der Waals surface area contributed by atoms with E-state index in [1.54, 1.807) is 25.1 Å². The lowest BCUT2D eigenvalue weighted by molar-refractivity contribution is -0.206. The first-order valence-corrected chi connectivity index (χ1v) is 12.6. The second-order valence-corrected chi connectivity index (χ2v) is 11.4. The van der Waals surface area contributed by atoms with Crippen molar-refractivity contribution in [3.8, 4) is 5.75 Å². The van der Waals surface area contributed by atoms with Crippen molar-refractivity contribution in [1.29, 1.82) is 0 Å². The van der Waals surface area contributed by atoms with Crippen LogP contribution >= 0.6 is 0 Å². The van der Waals surface area contributed by atoms with Crippen LogP contribution in [0.1, 0.15) is 67.2 Å². The van der Waals surface area contributed by atoms with E-state index in [9.17, 15) is 9.59 Å². The Morgan fingerprint density at radius 3 is 2.60 bits per heavy atom. The number of carbonyl (C=O) groups is 1. The number of benzene rings is 1. The molecule has 2 fully saturated rings. The molecule has 0 bridgehead atoms. The van der Waals surface area contributed by atoms with E-state index in [1.807, 2.05) is 19.1 Å². The lowest BCUT2D eigenvalue weighted by Gasteiger charge is -2.66. The Morgan fingerprint density at radius 1 is 1.17 bits per heavy atom. The minimum absolute atomic E-state index is 0.0617. The molecule has 2 aliphatic rings. The molecule has 1 aromatic carbocycles. The van der Waals surface area contributed by atoms with Gasteiger partial charge in [-0.15, -0.1) is 0 Å². The lowest BCUT2D eigenvalue weighted by atomic mass is 9.39. The van der Waals surface area contributed by atoms with Crippen LogP contribution in [-0.4, -0.2) is 18.7 Å². The molecule has 2 aliphatic carbocycles. The first-order valence-electron chi connectivity index (χ1n) is 12.6. The molecule has 0 amide bonds. The van der Waals surface area contributed by atoms with E-state index in [0.717, 1.165) is 31.1 Å². The molecule has 2 aromatic rings. The number of hydrogen-bond donors (Lipinski definition) is 0. The number of allylic oxidation sites excluding steroid dienone is 1. The molecular weight excluding hydrogens is 440 g/mol. The third kappa shape index (κ3) is 4.13. The van der Waals surface area contributed by atoms with Gasteiger partial charge in [0.15, 0.2) is 0 Å². The quantitative estimate of drug-likeness (QED) is 0.203. The zero-order valence-corrected chi connectivity index (χ0v) is 21.9. The van der Waals surface area contributed by atoms with Gasteiger partial charge in [0.05, 0.1) is 6.61 Å². The topological polar surface area (TPSA) is 65.7 Å². The lowest BCUT2D eigenvalue weighted by Crippen LogP contribution is -2.63. The SMILES string of the molecule is C=C1CCC2(C)C(C)(C)C(OC(=O)C(C)=CC)CCC2(C)C1COc1ccc2ccc(=O)oc2c1. The van der Waals surface area contributed by atoms with E-state index in [4.69, 9.17) is 13.9 Å². The van der Waals surface area contributed by atoms with Gasteiger partial charge in [-0.2, -0.15) is 0 Å². The predicted octanol–water partition coefficient (Wildman–Crippen LogP) is 6.85. The zero-order valence-electron chi connectivity index (χ0n) is 21.9. The zero-order chi connectivity index (χ0) is 25.6. The third-order valence-corrected chi connectivity index (χ3v) is 9.64. The van der Waals surface area contributed by atoms with Crippen molar-refractivity contribution < 1.29 is 18.7 Å². The Hall–Kier alpha value is -2.82. The maximum absolute atomic E-state index is 12.6. The molecule has 0 saturated heterocycles. The van der Waals surface area contributed by atoms with Crippen molar-refractivity contribution in [1.82, 2.24) is 0 Å². The molecule has 4 atom stereocenters. The molecule has 0 radical (unpaired) electrons. The highest BCUT2D eigenvalue weighted by molar-refractivity contribution is 5.87. The van der Waals surface area contributed by atoms with Gasteiger partial charge in [0.2, 0.25) is 0 Å².